The van der Waals surface area contributed by atoms with Crippen molar-refractivity contribution >= 4 is 0 Å². The lowest BCUT2D eigenvalue weighted by atomic mass is 9.81. The quantitative estimate of drug-likeness (QED) is 0.781. The standard InChI is InChI=1S/C12H21N3/c1-7(2)11-10-9(14-15-11)6-5-8(3)12(10)13-4/h7-8,12-13H,5-6H2,1-4H3,(H,14,15). The number of aromatic nitrogens is 2. The van der Waals surface area contributed by atoms with E-state index in [2.05, 4.69) is 36.3 Å². The highest BCUT2D eigenvalue weighted by Gasteiger charge is 2.30. The van der Waals surface area contributed by atoms with Gasteiger partial charge < -0.3 is 5.32 Å². The lowest BCUT2D eigenvalue weighted by Crippen LogP contribution is -2.29. The van der Waals surface area contributed by atoms with Crippen molar-refractivity contribution in [3.05, 3.63) is 17.0 Å². The van der Waals surface area contributed by atoms with Crippen LogP contribution in [-0.4, -0.2) is 17.2 Å². The zero-order valence-corrected chi connectivity index (χ0v) is 10.1. The fourth-order valence-corrected chi connectivity index (χ4v) is 2.63. The number of fused-ring (bicyclic) bond motifs is 1. The Morgan fingerprint density at radius 3 is 2.80 bits per heavy atom. The van der Waals surface area contributed by atoms with Gasteiger partial charge in [-0.25, -0.2) is 0 Å². The summed E-state index contributed by atoms with van der Waals surface area (Å²) < 4.78 is 0. The molecular weight excluding hydrogens is 186 g/mol. The van der Waals surface area contributed by atoms with Gasteiger partial charge in [0.15, 0.2) is 0 Å². The van der Waals surface area contributed by atoms with Crippen molar-refractivity contribution in [3.8, 4) is 0 Å². The van der Waals surface area contributed by atoms with Gasteiger partial charge in [-0.3, -0.25) is 5.10 Å². The lowest BCUT2D eigenvalue weighted by molar-refractivity contribution is 0.360. The van der Waals surface area contributed by atoms with Crippen LogP contribution in [0.4, 0.5) is 0 Å². The molecule has 15 heavy (non-hydrogen) atoms. The third-order valence-corrected chi connectivity index (χ3v) is 3.50. The predicted molar refractivity (Wildman–Crippen MR) is 62.0 cm³/mol. The third-order valence-electron chi connectivity index (χ3n) is 3.50. The second-order valence-corrected chi connectivity index (χ2v) is 4.94. The summed E-state index contributed by atoms with van der Waals surface area (Å²) >= 11 is 0. The van der Waals surface area contributed by atoms with Crippen molar-refractivity contribution in [2.75, 3.05) is 7.05 Å². The van der Waals surface area contributed by atoms with Gasteiger partial charge in [0.1, 0.15) is 0 Å². The number of hydrogen-bond donors (Lipinski definition) is 2. The van der Waals surface area contributed by atoms with Gasteiger partial charge in [0.2, 0.25) is 0 Å². The van der Waals surface area contributed by atoms with Crippen LogP contribution in [0.5, 0.6) is 0 Å². The number of H-pyrrole nitrogens is 1. The van der Waals surface area contributed by atoms with Gasteiger partial charge in [0.25, 0.3) is 0 Å². The average molecular weight is 207 g/mol. The van der Waals surface area contributed by atoms with E-state index in [4.69, 9.17) is 0 Å². The molecule has 0 bridgehead atoms. The van der Waals surface area contributed by atoms with E-state index in [1.54, 1.807) is 0 Å². The molecule has 0 saturated carbocycles. The summed E-state index contributed by atoms with van der Waals surface area (Å²) in [5, 5.41) is 11.1. The Balaban J connectivity index is 2.44. The fraction of sp³-hybridized carbons (Fsp3) is 0.750. The Bertz CT molecular complexity index is 341. The molecule has 0 aromatic carbocycles. The minimum atomic E-state index is 0.477. The van der Waals surface area contributed by atoms with Crippen molar-refractivity contribution in [1.82, 2.24) is 15.5 Å². The van der Waals surface area contributed by atoms with Crippen LogP contribution in [0.2, 0.25) is 0 Å². The fourth-order valence-electron chi connectivity index (χ4n) is 2.63. The molecule has 0 radical (unpaired) electrons. The van der Waals surface area contributed by atoms with Crippen LogP contribution in [0.15, 0.2) is 0 Å². The topological polar surface area (TPSA) is 40.7 Å². The maximum Gasteiger partial charge on any atom is 0.0698 e. The normalized spacial score (nSPS) is 25.7. The first kappa shape index (κ1) is 10.7. The maximum absolute atomic E-state index is 4.46. The molecule has 2 N–H and O–H groups in total. The summed E-state index contributed by atoms with van der Waals surface area (Å²) in [7, 11) is 2.05. The Hall–Kier alpha value is -0.830. The molecule has 1 aliphatic rings. The minimum Gasteiger partial charge on any atom is -0.313 e. The average Bonchev–Trinajstić information content (AvgIpc) is 2.61. The second kappa shape index (κ2) is 3.97. The van der Waals surface area contributed by atoms with Crippen LogP contribution < -0.4 is 5.32 Å². The van der Waals surface area contributed by atoms with E-state index in [1.807, 2.05) is 7.05 Å². The molecule has 3 heteroatoms. The van der Waals surface area contributed by atoms with Gasteiger partial charge in [-0.05, 0) is 31.7 Å². The first-order valence-electron chi connectivity index (χ1n) is 5.89. The number of hydrogen-bond acceptors (Lipinski definition) is 2. The number of rotatable bonds is 2. The Labute approximate surface area is 91.7 Å². The molecule has 0 aliphatic heterocycles. The van der Waals surface area contributed by atoms with Gasteiger partial charge in [0.05, 0.1) is 5.69 Å². The number of aromatic amines is 1. The summed E-state index contributed by atoms with van der Waals surface area (Å²) in [6.45, 7) is 6.74. The molecule has 84 valence electrons. The monoisotopic (exact) mass is 207 g/mol. The van der Waals surface area contributed by atoms with Gasteiger partial charge in [-0.2, -0.15) is 5.10 Å². The third kappa shape index (κ3) is 1.69. The van der Waals surface area contributed by atoms with Crippen molar-refractivity contribution in [2.45, 2.75) is 45.6 Å². The second-order valence-electron chi connectivity index (χ2n) is 4.94. The van der Waals surface area contributed by atoms with E-state index in [0.29, 0.717) is 17.9 Å². The molecule has 1 aromatic heterocycles. The van der Waals surface area contributed by atoms with E-state index in [9.17, 15) is 0 Å². The van der Waals surface area contributed by atoms with Crippen molar-refractivity contribution in [2.24, 2.45) is 5.92 Å². The first-order chi connectivity index (χ1) is 7.15. The molecule has 2 unspecified atom stereocenters. The molecule has 0 spiro atoms. The van der Waals surface area contributed by atoms with E-state index < -0.39 is 0 Å². The molecule has 2 atom stereocenters. The summed E-state index contributed by atoms with van der Waals surface area (Å²) in [6, 6.07) is 0.477. The summed E-state index contributed by atoms with van der Waals surface area (Å²) in [5.41, 5.74) is 4.03. The van der Waals surface area contributed by atoms with Crippen LogP contribution in [0.1, 0.15) is 56.1 Å². The van der Waals surface area contributed by atoms with Gasteiger partial charge in [0, 0.05) is 17.3 Å². The summed E-state index contributed by atoms with van der Waals surface area (Å²) in [5.74, 6) is 1.21. The largest absolute Gasteiger partial charge is 0.313 e. The van der Waals surface area contributed by atoms with Crippen molar-refractivity contribution in [1.29, 1.82) is 0 Å². The maximum atomic E-state index is 4.46. The molecule has 0 amide bonds. The molecule has 0 saturated heterocycles. The molecule has 1 heterocycles. The minimum absolute atomic E-state index is 0.477. The molecule has 1 aromatic rings. The molecule has 3 nitrogen and oxygen atoms in total. The first-order valence-corrected chi connectivity index (χ1v) is 5.89. The summed E-state index contributed by atoms with van der Waals surface area (Å²) in [6.07, 6.45) is 2.40. The SMILES string of the molecule is CNC1c2c(C(C)C)n[nH]c2CCC1C. The Morgan fingerprint density at radius 1 is 1.47 bits per heavy atom. The van der Waals surface area contributed by atoms with Crippen LogP contribution in [0, 0.1) is 5.92 Å². The highest BCUT2D eigenvalue weighted by atomic mass is 15.1. The zero-order valence-electron chi connectivity index (χ0n) is 10.1. The van der Waals surface area contributed by atoms with E-state index in [1.165, 1.54) is 23.4 Å². The van der Waals surface area contributed by atoms with E-state index >= 15 is 0 Å². The van der Waals surface area contributed by atoms with Crippen molar-refractivity contribution < 1.29 is 0 Å². The number of nitrogens with one attached hydrogen (secondary N) is 2. The summed E-state index contributed by atoms with van der Waals surface area (Å²) in [4.78, 5) is 0. The number of nitrogens with zero attached hydrogens (tertiary/aromatic N) is 1. The van der Waals surface area contributed by atoms with Crippen LogP contribution >= 0.6 is 0 Å². The Kier molecular flexibility index (Phi) is 2.83. The van der Waals surface area contributed by atoms with E-state index in [-0.39, 0.29) is 0 Å². The smallest absolute Gasteiger partial charge is 0.0698 e. The molecule has 0 fully saturated rings. The molecule has 1 aliphatic carbocycles. The van der Waals surface area contributed by atoms with Crippen LogP contribution in [0.3, 0.4) is 0 Å². The van der Waals surface area contributed by atoms with Crippen LogP contribution in [-0.2, 0) is 6.42 Å². The predicted octanol–water partition coefficient (Wildman–Crippen LogP) is 2.38. The lowest BCUT2D eigenvalue weighted by Gasteiger charge is -2.29. The highest BCUT2D eigenvalue weighted by Crippen LogP contribution is 2.37. The van der Waals surface area contributed by atoms with Gasteiger partial charge >= 0.3 is 0 Å². The molecule has 2 rings (SSSR count). The van der Waals surface area contributed by atoms with Crippen molar-refractivity contribution in [3.63, 3.8) is 0 Å². The number of aryl methyl sites for hydroxylation is 1. The zero-order chi connectivity index (χ0) is 11.0. The van der Waals surface area contributed by atoms with Gasteiger partial charge in [-0.15, -0.1) is 0 Å². The Morgan fingerprint density at radius 2 is 2.20 bits per heavy atom. The molecular formula is C12H21N3. The van der Waals surface area contributed by atoms with E-state index in [0.717, 1.165) is 6.42 Å². The highest BCUT2D eigenvalue weighted by molar-refractivity contribution is 5.33. The van der Waals surface area contributed by atoms with Gasteiger partial charge in [-0.1, -0.05) is 20.8 Å². The van der Waals surface area contributed by atoms with Crippen LogP contribution in [0.25, 0.3) is 0 Å².